The lowest BCUT2D eigenvalue weighted by molar-refractivity contribution is 0.239. The fourth-order valence-electron chi connectivity index (χ4n) is 3.57. The Morgan fingerprint density at radius 2 is 2.07 bits per heavy atom. The normalized spacial score (nSPS) is 17.1. The Bertz CT molecular complexity index is 866. The molecule has 140 valence electrons. The average Bonchev–Trinajstić information content (AvgIpc) is 3.27. The van der Waals surface area contributed by atoms with E-state index >= 15 is 0 Å². The Labute approximate surface area is 158 Å². The van der Waals surface area contributed by atoms with Crippen LogP contribution < -0.4 is 10.2 Å². The third-order valence-electron chi connectivity index (χ3n) is 4.99. The largest absolute Gasteiger partial charge is 0.394 e. The molecule has 1 atom stereocenters. The predicted molar refractivity (Wildman–Crippen MR) is 105 cm³/mol. The molecule has 1 unspecified atom stereocenters. The number of rotatable bonds is 6. The maximum absolute atomic E-state index is 9.66. The molecule has 3 aromatic rings. The van der Waals surface area contributed by atoms with E-state index in [-0.39, 0.29) is 12.6 Å². The summed E-state index contributed by atoms with van der Waals surface area (Å²) in [6.07, 6.45) is 8.58. The molecule has 2 aromatic heterocycles. The Hall–Kier alpha value is -2.93. The first-order chi connectivity index (χ1) is 13.3. The molecule has 4 rings (SSSR count). The van der Waals surface area contributed by atoms with Crippen molar-refractivity contribution in [3.05, 3.63) is 60.7 Å². The first kappa shape index (κ1) is 17.5. The standard InChI is InChI=1S/C20H24N6O/c27-14-17-7-3-4-10-25(17)20-12-19(22-15-23-20)21-13-16-6-1-2-8-18(16)26-11-5-9-24-26/h1-2,5-6,8-9,11-12,15,17,27H,3-4,7,10,13-14H2,(H,21,22,23). The lowest BCUT2D eigenvalue weighted by atomic mass is 10.0. The van der Waals surface area contributed by atoms with E-state index in [0.29, 0.717) is 6.54 Å². The molecule has 0 saturated carbocycles. The number of nitrogens with zero attached hydrogens (tertiary/aromatic N) is 5. The molecule has 0 radical (unpaired) electrons. The van der Waals surface area contributed by atoms with E-state index in [1.807, 2.05) is 35.1 Å². The van der Waals surface area contributed by atoms with E-state index in [0.717, 1.165) is 48.7 Å². The molecule has 1 aliphatic heterocycles. The van der Waals surface area contributed by atoms with Crippen LogP contribution in [0.4, 0.5) is 11.6 Å². The smallest absolute Gasteiger partial charge is 0.134 e. The van der Waals surface area contributed by atoms with E-state index in [9.17, 15) is 5.11 Å². The highest BCUT2D eigenvalue weighted by Crippen LogP contribution is 2.24. The number of benzene rings is 1. The average molecular weight is 364 g/mol. The summed E-state index contributed by atoms with van der Waals surface area (Å²) in [4.78, 5) is 11.0. The van der Waals surface area contributed by atoms with Gasteiger partial charge in [-0.2, -0.15) is 5.10 Å². The summed E-state index contributed by atoms with van der Waals surface area (Å²) in [5, 5.41) is 17.4. The van der Waals surface area contributed by atoms with Crippen LogP contribution >= 0.6 is 0 Å². The number of nitrogens with one attached hydrogen (secondary N) is 1. The summed E-state index contributed by atoms with van der Waals surface area (Å²) in [6.45, 7) is 1.71. The van der Waals surface area contributed by atoms with Crippen LogP contribution in [-0.4, -0.2) is 44.0 Å². The molecule has 27 heavy (non-hydrogen) atoms. The van der Waals surface area contributed by atoms with Crippen molar-refractivity contribution in [3.63, 3.8) is 0 Å². The van der Waals surface area contributed by atoms with Gasteiger partial charge in [0, 0.05) is 31.5 Å². The molecule has 0 aliphatic carbocycles. The van der Waals surface area contributed by atoms with E-state index in [1.165, 1.54) is 0 Å². The van der Waals surface area contributed by atoms with Crippen LogP contribution in [0.15, 0.2) is 55.1 Å². The quantitative estimate of drug-likeness (QED) is 0.700. The fourth-order valence-corrected chi connectivity index (χ4v) is 3.57. The van der Waals surface area contributed by atoms with E-state index < -0.39 is 0 Å². The molecule has 1 aliphatic rings. The second kappa shape index (κ2) is 8.18. The van der Waals surface area contributed by atoms with Gasteiger partial charge in [0.15, 0.2) is 0 Å². The van der Waals surface area contributed by atoms with Crippen molar-refractivity contribution in [2.75, 3.05) is 23.4 Å². The van der Waals surface area contributed by atoms with Crippen LogP contribution in [-0.2, 0) is 6.54 Å². The third kappa shape index (κ3) is 3.93. The Balaban J connectivity index is 1.50. The van der Waals surface area contributed by atoms with Crippen LogP contribution in [0.3, 0.4) is 0 Å². The van der Waals surface area contributed by atoms with Gasteiger partial charge in [0.25, 0.3) is 0 Å². The minimum absolute atomic E-state index is 0.141. The van der Waals surface area contributed by atoms with Gasteiger partial charge in [0.1, 0.15) is 18.0 Å². The highest BCUT2D eigenvalue weighted by Gasteiger charge is 2.23. The summed E-state index contributed by atoms with van der Waals surface area (Å²) in [5.74, 6) is 1.64. The molecule has 1 fully saturated rings. The van der Waals surface area contributed by atoms with E-state index in [2.05, 4.69) is 37.4 Å². The molecular weight excluding hydrogens is 340 g/mol. The number of aliphatic hydroxyl groups is 1. The molecular formula is C20H24N6O. The molecule has 1 saturated heterocycles. The van der Waals surface area contributed by atoms with Gasteiger partial charge in [0.2, 0.25) is 0 Å². The molecule has 7 heteroatoms. The zero-order valence-electron chi connectivity index (χ0n) is 15.2. The second-order valence-electron chi connectivity index (χ2n) is 6.72. The van der Waals surface area contributed by atoms with Gasteiger partial charge in [-0.15, -0.1) is 0 Å². The van der Waals surface area contributed by atoms with Crippen LogP contribution in [0.25, 0.3) is 5.69 Å². The minimum Gasteiger partial charge on any atom is -0.394 e. The SMILES string of the molecule is OCC1CCCCN1c1cc(NCc2ccccc2-n2cccn2)ncn1. The van der Waals surface area contributed by atoms with Crippen molar-refractivity contribution in [3.8, 4) is 5.69 Å². The summed E-state index contributed by atoms with van der Waals surface area (Å²) in [6, 6.07) is 12.2. The van der Waals surface area contributed by atoms with Gasteiger partial charge in [-0.05, 0) is 37.0 Å². The van der Waals surface area contributed by atoms with Gasteiger partial charge in [0.05, 0.1) is 18.3 Å². The first-order valence-corrected chi connectivity index (χ1v) is 9.36. The highest BCUT2D eigenvalue weighted by atomic mass is 16.3. The van der Waals surface area contributed by atoms with Crippen molar-refractivity contribution < 1.29 is 5.11 Å². The fraction of sp³-hybridized carbons (Fsp3) is 0.350. The van der Waals surface area contributed by atoms with Gasteiger partial charge in [-0.1, -0.05) is 18.2 Å². The summed E-state index contributed by atoms with van der Waals surface area (Å²) < 4.78 is 1.86. The summed E-state index contributed by atoms with van der Waals surface area (Å²) >= 11 is 0. The molecule has 7 nitrogen and oxygen atoms in total. The predicted octanol–water partition coefficient (Wildman–Crippen LogP) is 2.63. The number of hydrogen-bond donors (Lipinski definition) is 2. The van der Waals surface area contributed by atoms with Crippen molar-refractivity contribution in [1.82, 2.24) is 19.7 Å². The van der Waals surface area contributed by atoms with Crippen LogP contribution in [0.1, 0.15) is 24.8 Å². The lowest BCUT2D eigenvalue weighted by Gasteiger charge is -2.35. The highest BCUT2D eigenvalue weighted by molar-refractivity contribution is 5.51. The summed E-state index contributed by atoms with van der Waals surface area (Å²) in [7, 11) is 0. The third-order valence-corrected chi connectivity index (χ3v) is 4.99. The molecule has 0 spiro atoms. The van der Waals surface area contributed by atoms with Crippen molar-refractivity contribution >= 4 is 11.6 Å². The topological polar surface area (TPSA) is 79.1 Å². The zero-order chi connectivity index (χ0) is 18.5. The van der Waals surface area contributed by atoms with Crippen LogP contribution in [0.2, 0.25) is 0 Å². The van der Waals surface area contributed by atoms with Crippen molar-refractivity contribution in [2.24, 2.45) is 0 Å². The van der Waals surface area contributed by atoms with Crippen molar-refractivity contribution in [2.45, 2.75) is 31.8 Å². The van der Waals surface area contributed by atoms with Crippen LogP contribution in [0.5, 0.6) is 0 Å². The Kier molecular flexibility index (Phi) is 5.29. The molecule has 1 aromatic carbocycles. The first-order valence-electron chi connectivity index (χ1n) is 9.36. The van der Waals surface area contributed by atoms with E-state index in [1.54, 1.807) is 12.5 Å². The number of piperidine rings is 1. The van der Waals surface area contributed by atoms with Gasteiger partial charge < -0.3 is 15.3 Å². The molecule has 0 bridgehead atoms. The van der Waals surface area contributed by atoms with Gasteiger partial charge in [-0.3, -0.25) is 0 Å². The molecule has 0 amide bonds. The monoisotopic (exact) mass is 364 g/mol. The second-order valence-corrected chi connectivity index (χ2v) is 6.72. The molecule has 3 heterocycles. The van der Waals surface area contributed by atoms with Gasteiger partial charge in [-0.25, -0.2) is 14.6 Å². The number of para-hydroxylation sites is 1. The van der Waals surface area contributed by atoms with Crippen molar-refractivity contribution in [1.29, 1.82) is 0 Å². The maximum atomic E-state index is 9.66. The van der Waals surface area contributed by atoms with Gasteiger partial charge >= 0.3 is 0 Å². The summed E-state index contributed by atoms with van der Waals surface area (Å²) in [5.41, 5.74) is 2.17. The molecule has 2 N–H and O–H groups in total. The lowest BCUT2D eigenvalue weighted by Crippen LogP contribution is -2.42. The Morgan fingerprint density at radius 3 is 2.93 bits per heavy atom. The maximum Gasteiger partial charge on any atom is 0.134 e. The number of hydrogen-bond acceptors (Lipinski definition) is 6. The number of aliphatic hydroxyl groups excluding tert-OH is 1. The minimum atomic E-state index is 0.141. The number of anilines is 2. The Morgan fingerprint density at radius 1 is 1.15 bits per heavy atom. The zero-order valence-corrected chi connectivity index (χ0v) is 15.2. The van der Waals surface area contributed by atoms with E-state index in [4.69, 9.17) is 0 Å². The number of aromatic nitrogens is 4. The van der Waals surface area contributed by atoms with Crippen LogP contribution in [0, 0.1) is 0 Å².